The van der Waals surface area contributed by atoms with E-state index in [0.29, 0.717) is 12.1 Å². The van der Waals surface area contributed by atoms with Crippen molar-refractivity contribution in [1.29, 1.82) is 0 Å². The molecule has 2 heterocycles. The van der Waals surface area contributed by atoms with Gasteiger partial charge in [0.2, 0.25) is 0 Å². The average molecular weight is 440 g/mol. The quantitative estimate of drug-likeness (QED) is 0.349. The Kier molecular flexibility index (Phi) is 6.80. The Labute approximate surface area is 184 Å². The monoisotopic (exact) mass is 439 g/mol. The van der Waals surface area contributed by atoms with Crippen LogP contribution in [0.25, 0.3) is 0 Å². The Morgan fingerprint density at radius 2 is 1.72 bits per heavy atom. The molecule has 0 bridgehead atoms. The first-order valence-corrected chi connectivity index (χ1v) is 12.0. The van der Waals surface area contributed by atoms with Gasteiger partial charge < -0.3 is 14.4 Å². The molecule has 4 rings (SSSR count). The number of ether oxygens (including phenoxy) is 2. The Bertz CT molecular complexity index is 718. The van der Waals surface area contributed by atoms with Gasteiger partial charge in [0, 0.05) is 29.8 Å². The van der Waals surface area contributed by atoms with Crippen molar-refractivity contribution in [3.05, 3.63) is 36.3 Å². The molecule has 0 aromatic heterocycles. The van der Waals surface area contributed by atoms with E-state index in [1.807, 2.05) is 6.08 Å². The molecule has 6 heteroatoms. The van der Waals surface area contributed by atoms with Gasteiger partial charge in [0.15, 0.2) is 18.0 Å². The summed E-state index contributed by atoms with van der Waals surface area (Å²) in [6.45, 7) is 6.25. The van der Waals surface area contributed by atoms with E-state index in [4.69, 9.17) is 32.7 Å². The summed E-state index contributed by atoms with van der Waals surface area (Å²) in [7, 11) is 0. The van der Waals surface area contributed by atoms with Gasteiger partial charge in [-0.2, -0.15) is 4.58 Å². The molecule has 1 saturated heterocycles. The number of allylic oxidation sites excluding steroid dienone is 4. The predicted molar refractivity (Wildman–Crippen MR) is 119 cm³/mol. The van der Waals surface area contributed by atoms with Gasteiger partial charge in [-0.05, 0) is 52.0 Å². The molecule has 0 radical (unpaired) electrons. The fourth-order valence-corrected chi connectivity index (χ4v) is 5.85. The van der Waals surface area contributed by atoms with E-state index in [-0.39, 0.29) is 23.0 Å². The molecule has 4 aliphatic rings. The fraction of sp³-hybridized carbons (Fsp3) is 0.696. The lowest BCUT2D eigenvalue weighted by atomic mass is 9.92. The van der Waals surface area contributed by atoms with Gasteiger partial charge in [0.05, 0.1) is 6.04 Å². The van der Waals surface area contributed by atoms with Crippen LogP contribution in [0.15, 0.2) is 36.3 Å². The van der Waals surface area contributed by atoms with Crippen molar-refractivity contribution in [1.82, 2.24) is 4.90 Å². The molecule has 0 amide bonds. The Morgan fingerprint density at radius 3 is 2.48 bits per heavy atom. The number of likely N-dealkylation sites (N-methyl/N-ethyl adjacent to an activating group) is 2. The number of hydrogen-bond donors (Lipinski definition) is 0. The lowest BCUT2D eigenvalue weighted by Gasteiger charge is -2.31. The zero-order valence-corrected chi connectivity index (χ0v) is 19.0. The summed E-state index contributed by atoms with van der Waals surface area (Å²) >= 11 is 12.8. The highest BCUT2D eigenvalue weighted by molar-refractivity contribution is 6.20. The van der Waals surface area contributed by atoms with Crippen LogP contribution in [-0.2, 0) is 9.47 Å². The molecular formula is C23H33Cl2N2O2+. The molecule has 2 saturated carbocycles. The first kappa shape index (κ1) is 21.1. The Hall–Kier alpha value is -1.13. The molecule has 0 aromatic carbocycles. The third kappa shape index (κ3) is 4.49. The molecule has 6 unspecified atom stereocenters. The molecule has 29 heavy (non-hydrogen) atoms. The molecule has 160 valence electrons. The van der Waals surface area contributed by atoms with Crippen molar-refractivity contribution >= 4 is 29.1 Å². The van der Waals surface area contributed by atoms with Gasteiger partial charge in [0.1, 0.15) is 12.6 Å². The van der Waals surface area contributed by atoms with Crippen LogP contribution in [0.3, 0.4) is 0 Å². The van der Waals surface area contributed by atoms with Crippen molar-refractivity contribution in [2.75, 3.05) is 13.1 Å². The van der Waals surface area contributed by atoms with Crippen molar-refractivity contribution in [2.24, 2.45) is 0 Å². The van der Waals surface area contributed by atoms with Crippen LogP contribution in [-0.4, -0.2) is 63.5 Å². The third-order valence-electron chi connectivity index (χ3n) is 6.67. The second-order valence-electron chi connectivity index (χ2n) is 8.43. The van der Waals surface area contributed by atoms with E-state index < -0.39 is 0 Å². The minimum absolute atomic E-state index is 0.273. The summed E-state index contributed by atoms with van der Waals surface area (Å²) in [6, 6.07) is 0.835. The second-order valence-corrected chi connectivity index (χ2v) is 9.66. The Morgan fingerprint density at radius 1 is 0.966 bits per heavy atom. The summed E-state index contributed by atoms with van der Waals surface area (Å²) in [6.07, 6.45) is 17.1. The normalized spacial score (nSPS) is 38.6. The molecule has 2 aliphatic carbocycles. The Balaban J connectivity index is 1.39. The topological polar surface area (TPSA) is 24.7 Å². The van der Waals surface area contributed by atoms with E-state index in [2.05, 4.69) is 47.6 Å². The molecule has 4 nitrogen and oxygen atoms in total. The minimum atomic E-state index is 0.273. The molecule has 0 aromatic rings. The number of rotatable bonds is 5. The molecule has 6 atom stereocenters. The van der Waals surface area contributed by atoms with Gasteiger partial charge in [-0.3, -0.25) is 0 Å². The van der Waals surface area contributed by atoms with Crippen LogP contribution in [0.4, 0.5) is 0 Å². The summed E-state index contributed by atoms with van der Waals surface area (Å²) in [5.41, 5.74) is 0. The maximum Gasteiger partial charge on any atom is 0.363 e. The largest absolute Gasteiger partial charge is 0.474 e. The maximum absolute atomic E-state index is 6.39. The smallest absolute Gasteiger partial charge is 0.363 e. The molecule has 0 N–H and O–H groups in total. The average Bonchev–Trinajstić information content (AvgIpc) is 3.23. The van der Waals surface area contributed by atoms with Crippen molar-refractivity contribution in [3.63, 3.8) is 0 Å². The van der Waals surface area contributed by atoms with Crippen molar-refractivity contribution < 1.29 is 14.0 Å². The summed E-state index contributed by atoms with van der Waals surface area (Å²) in [5, 5.41) is 0.545. The first-order chi connectivity index (χ1) is 14.1. The van der Waals surface area contributed by atoms with Gasteiger partial charge >= 0.3 is 5.90 Å². The zero-order valence-electron chi connectivity index (χ0n) is 17.5. The van der Waals surface area contributed by atoms with E-state index in [0.717, 1.165) is 63.4 Å². The third-order valence-corrected chi connectivity index (χ3v) is 7.47. The number of fused-ring (bicyclic) bond motifs is 2. The van der Waals surface area contributed by atoms with E-state index in [1.54, 1.807) is 0 Å². The van der Waals surface area contributed by atoms with Crippen LogP contribution in [0.1, 0.15) is 52.4 Å². The second kappa shape index (κ2) is 9.34. The lowest BCUT2D eigenvalue weighted by Crippen LogP contribution is -2.40. The van der Waals surface area contributed by atoms with E-state index in [1.165, 1.54) is 0 Å². The molecule has 3 fully saturated rings. The number of halogens is 2. The minimum Gasteiger partial charge on any atom is -0.474 e. The fourth-order valence-electron chi connectivity index (χ4n) is 5.23. The molecular weight excluding hydrogens is 407 g/mol. The van der Waals surface area contributed by atoms with Crippen LogP contribution < -0.4 is 0 Å². The van der Waals surface area contributed by atoms with Gasteiger partial charge in [0.25, 0.3) is 0 Å². The zero-order chi connectivity index (χ0) is 20.4. The van der Waals surface area contributed by atoms with E-state index >= 15 is 0 Å². The highest BCUT2D eigenvalue weighted by atomic mass is 35.5. The molecule has 2 aliphatic heterocycles. The first-order valence-electron chi connectivity index (χ1n) is 11.2. The summed E-state index contributed by atoms with van der Waals surface area (Å²) in [5.74, 6) is 1.94. The van der Waals surface area contributed by atoms with Gasteiger partial charge in [-0.15, -0.1) is 23.2 Å². The highest BCUT2D eigenvalue weighted by Gasteiger charge is 2.45. The number of hydrogen-bond acceptors (Lipinski definition) is 3. The van der Waals surface area contributed by atoms with Crippen LogP contribution in [0.2, 0.25) is 0 Å². The van der Waals surface area contributed by atoms with Crippen molar-refractivity contribution in [3.8, 4) is 0 Å². The van der Waals surface area contributed by atoms with Crippen LogP contribution >= 0.6 is 23.2 Å². The maximum atomic E-state index is 6.39. The predicted octanol–water partition coefficient (Wildman–Crippen LogP) is 4.81. The number of alkyl halides is 2. The standard InChI is InChI=1S/C23H33Cl2N2O2/c1-3-26-18-14-16(24)10-12-20(18)28-22(26)8-6-5-7-9-23-27(4-2)19-15-17(25)11-13-21(19)29-23/h5-9,16-21H,3-4,10-15H2,1-2H3/q+1. The molecule has 0 spiro atoms. The van der Waals surface area contributed by atoms with Gasteiger partial charge in [-0.1, -0.05) is 18.2 Å². The lowest BCUT2D eigenvalue weighted by molar-refractivity contribution is -0.558. The van der Waals surface area contributed by atoms with Crippen LogP contribution in [0.5, 0.6) is 0 Å². The SMILES string of the molecule is CCN1C(=CC=CC=CC2=[N+](CC)C3CC(Cl)CCC3O2)OC2CCC(Cl)CC21. The van der Waals surface area contributed by atoms with Crippen molar-refractivity contribution in [2.45, 2.75) is 87.4 Å². The summed E-state index contributed by atoms with van der Waals surface area (Å²) in [4.78, 5) is 2.36. The van der Waals surface area contributed by atoms with E-state index in [9.17, 15) is 0 Å². The van der Waals surface area contributed by atoms with Crippen LogP contribution in [0, 0.1) is 0 Å². The number of nitrogens with zero attached hydrogens (tertiary/aromatic N) is 2. The highest BCUT2D eigenvalue weighted by Crippen LogP contribution is 2.37. The summed E-state index contributed by atoms with van der Waals surface area (Å²) < 4.78 is 14.8. The van der Waals surface area contributed by atoms with Gasteiger partial charge in [-0.25, -0.2) is 0 Å².